The number of carbonyl (C=O) groups excluding carboxylic acids is 1. The number of benzene rings is 1. The molecule has 0 bridgehead atoms. The second-order valence-electron chi connectivity index (χ2n) is 5.69. The molecule has 1 aromatic rings. The Hall–Kier alpha value is -1.62. The molecule has 0 radical (unpaired) electrons. The Morgan fingerprint density at radius 3 is 2.90 bits per heavy atom. The van der Waals surface area contributed by atoms with Gasteiger partial charge in [0, 0.05) is 18.2 Å². The smallest absolute Gasteiger partial charge is 0.332 e. The molecule has 5 heteroatoms. The third kappa shape index (κ3) is 3.35. The zero-order chi connectivity index (χ0) is 15.5. The molecule has 0 aromatic heterocycles. The predicted octanol–water partition coefficient (Wildman–Crippen LogP) is 2.48. The highest BCUT2D eigenvalue weighted by Crippen LogP contribution is 2.31. The van der Waals surface area contributed by atoms with Crippen LogP contribution in [0.15, 0.2) is 18.2 Å². The first-order chi connectivity index (χ1) is 9.98. The standard InChI is InChI=1S/C16H23FN2O2/c1-4-21-15(20)16(5-6-18-10-12(16)3)19-14-8-11(2)7-13(17)9-14/h7-9,12,18-19H,4-6,10H2,1-3H3. The first-order valence-electron chi connectivity index (χ1n) is 7.41. The first-order valence-corrected chi connectivity index (χ1v) is 7.41. The number of rotatable bonds is 4. The minimum Gasteiger partial charge on any atom is -0.464 e. The number of halogens is 1. The highest BCUT2D eigenvalue weighted by molar-refractivity contribution is 5.85. The van der Waals surface area contributed by atoms with Gasteiger partial charge in [-0.1, -0.05) is 6.92 Å². The van der Waals surface area contributed by atoms with Gasteiger partial charge in [0.05, 0.1) is 6.61 Å². The molecule has 0 aliphatic carbocycles. The average molecular weight is 294 g/mol. The first kappa shape index (κ1) is 15.8. The number of esters is 1. The van der Waals surface area contributed by atoms with Crippen LogP contribution in [-0.2, 0) is 9.53 Å². The molecule has 1 fully saturated rings. The second kappa shape index (κ2) is 6.43. The van der Waals surface area contributed by atoms with Gasteiger partial charge in [0.15, 0.2) is 0 Å². The molecule has 116 valence electrons. The van der Waals surface area contributed by atoms with E-state index in [-0.39, 0.29) is 17.7 Å². The van der Waals surface area contributed by atoms with Gasteiger partial charge in [0.2, 0.25) is 0 Å². The summed E-state index contributed by atoms with van der Waals surface area (Å²) in [5.74, 6) is -0.520. The van der Waals surface area contributed by atoms with Crippen molar-refractivity contribution < 1.29 is 13.9 Å². The lowest BCUT2D eigenvalue weighted by atomic mass is 9.79. The van der Waals surface area contributed by atoms with Crippen molar-refractivity contribution in [3.8, 4) is 0 Å². The van der Waals surface area contributed by atoms with Crippen molar-refractivity contribution in [3.63, 3.8) is 0 Å². The molecule has 0 saturated carbocycles. The van der Waals surface area contributed by atoms with Gasteiger partial charge in [0.1, 0.15) is 11.4 Å². The van der Waals surface area contributed by atoms with E-state index in [4.69, 9.17) is 4.74 Å². The van der Waals surface area contributed by atoms with Crippen LogP contribution < -0.4 is 10.6 Å². The molecule has 0 amide bonds. The molecule has 1 aliphatic rings. The predicted molar refractivity (Wildman–Crippen MR) is 80.8 cm³/mol. The van der Waals surface area contributed by atoms with Crippen molar-refractivity contribution in [1.82, 2.24) is 5.32 Å². The molecule has 1 aliphatic heterocycles. The van der Waals surface area contributed by atoms with E-state index in [0.29, 0.717) is 18.7 Å². The summed E-state index contributed by atoms with van der Waals surface area (Å²) in [5.41, 5.74) is 0.633. The van der Waals surface area contributed by atoms with Crippen molar-refractivity contribution in [3.05, 3.63) is 29.6 Å². The van der Waals surface area contributed by atoms with E-state index in [2.05, 4.69) is 10.6 Å². The third-order valence-corrected chi connectivity index (χ3v) is 4.04. The summed E-state index contributed by atoms with van der Waals surface area (Å²) in [6.45, 7) is 7.41. The van der Waals surface area contributed by atoms with Crippen LogP contribution in [0.25, 0.3) is 0 Å². The van der Waals surface area contributed by atoms with Crippen LogP contribution in [0.2, 0.25) is 0 Å². The Morgan fingerprint density at radius 2 is 2.29 bits per heavy atom. The molecule has 4 nitrogen and oxygen atoms in total. The quantitative estimate of drug-likeness (QED) is 0.838. The fourth-order valence-electron chi connectivity index (χ4n) is 2.89. The normalized spacial score (nSPS) is 25.4. The number of hydrogen-bond donors (Lipinski definition) is 2. The number of nitrogens with one attached hydrogen (secondary N) is 2. The topological polar surface area (TPSA) is 50.4 Å². The zero-order valence-corrected chi connectivity index (χ0v) is 12.8. The van der Waals surface area contributed by atoms with Gasteiger partial charge in [0.25, 0.3) is 0 Å². The van der Waals surface area contributed by atoms with E-state index in [1.165, 1.54) is 12.1 Å². The second-order valence-corrected chi connectivity index (χ2v) is 5.69. The lowest BCUT2D eigenvalue weighted by Crippen LogP contribution is -2.59. The van der Waals surface area contributed by atoms with Crippen molar-refractivity contribution in [1.29, 1.82) is 0 Å². The van der Waals surface area contributed by atoms with Crippen LogP contribution in [0, 0.1) is 18.7 Å². The summed E-state index contributed by atoms with van der Waals surface area (Å²) in [6.07, 6.45) is 0.614. The lowest BCUT2D eigenvalue weighted by molar-refractivity contribution is -0.151. The number of aryl methyl sites for hydroxylation is 1. The maximum absolute atomic E-state index is 13.6. The Bertz CT molecular complexity index is 501. The van der Waals surface area contributed by atoms with E-state index < -0.39 is 5.54 Å². The Kier molecular flexibility index (Phi) is 4.83. The molecule has 1 saturated heterocycles. The van der Waals surface area contributed by atoms with Crippen LogP contribution in [0.1, 0.15) is 25.8 Å². The molecular formula is C16H23FN2O2. The molecule has 2 atom stereocenters. The summed E-state index contributed by atoms with van der Waals surface area (Å²) < 4.78 is 18.8. The molecule has 0 spiro atoms. The number of piperidine rings is 1. The molecule has 2 rings (SSSR count). The van der Waals surface area contributed by atoms with Crippen LogP contribution in [0.3, 0.4) is 0 Å². The molecular weight excluding hydrogens is 271 g/mol. The van der Waals surface area contributed by atoms with E-state index in [1.807, 2.05) is 19.9 Å². The van der Waals surface area contributed by atoms with Crippen LogP contribution in [0.4, 0.5) is 10.1 Å². The van der Waals surface area contributed by atoms with Crippen LogP contribution in [-0.4, -0.2) is 31.2 Å². The number of ether oxygens (including phenoxy) is 1. The maximum atomic E-state index is 13.6. The Balaban J connectivity index is 2.33. The van der Waals surface area contributed by atoms with Gasteiger partial charge in [-0.05, 0) is 50.6 Å². The highest BCUT2D eigenvalue weighted by Gasteiger charge is 2.46. The molecule has 21 heavy (non-hydrogen) atoms. The number of carbonyl (C=O) groups is 1. The number of anilines is 1. The van der Waals surface area contributed by atoms with E-state index in [0.717, 1.165) is 18.7 Å². The molecule has 2 unspecified atom stereocenters. The third-order valence-electron chi connectivity index (χ3n) is 4.04. The summed E-state index contributed by atoms with van der Waals surface area (Å²) in [6, 6.07) is 4.73. The molecule has 2 N–H and O–H groups in total. The summed E-state index contributed by atoms with van der Waals surface area (Å²) in [7, 11) is 0. The molecule has 1 heterocycles. The highest BCUT2D eigenvalue weighted by atomic mass is 19.1. The van der Waals surface area contributed by atoms with Gasteiger partial charge in [-0.25, -0.2) is 9.18 Å². The van der Waals surface area contributed by atoms with Gasteiger partial charge in [-0.3, -0.25) is 0 Å². The van der Waals surface area contributed by atoms with Crippen LogP contribution >= 0.6 is 0 Å². The fourth-order valence-corrected chi connectivity index (χ4v) is 2.89. The van der Waals surface area contributed by atoms with E-state index >= 15 is 0 Å². The summed E-state index contributed by atoms with van der Waals surface area (Å²) in [5, 5.41) is 6.53. The monoisotopic (exact) mass is 294 g/mol. The number of hydrogen-bond acceptors (Lipinski definition) is 4. The fraction of sp³-hybridized carbons (Fsp3) is 0.562. The van der Waals surface area contributed by atoms with Crippen molar-refractivity contribution >= 4 is 11.7 Å². The van der Waals surface area contributed by atoms with Gasteiger partial charge in [-0.15, -0.1) is 0 Å². The lowest BCUT2D eigenvalue weighted by Gasteiger charge is -2.41. The zero-order valence-electron chi connectivity index (χ0n) is 12.8. The Morgan fingerprint density at radius 1 is 1.52 bits per heavy atom. The SMILES string of the molecule is CCOC(=O)C1(Nc2cc(C)cc(F)c2)CCNCC1C. The van der Waals surface area contributed by atoms with Gasteiger partial charge >= 0.3 is 5.97 Å². The summed E-state index contributed by atoms with van der Waals surface area (Å²) in [4.78, 5) is 12.5. The average Bonchev–Trinajstić information content (AvgIpc) is 2.40. The maximum Gasteiger partial charge on any atom is 0.332 e. The summed E-state index contributed by atoms with van der Waals surface area (Å²) >= 11 is 0. The van der Waals surface area contributed by atoms with Crippen LogP contribution in [0.5, 0.6) is 0 Å². The van der Waals surface area contributed by atoms with E-state index in [1.54, 1.807) is 6.92 Å². The van der Waals surface area contributed by atoms with E-state index in [9.17, 15) is 9.18 Å². The minimum absolute atomic E-state index is 0.0499. The van der Waals surface area contributed by atoms with Crippen molar-refractivity contribution in [2.24, 2.45) is 5.92 Å². The largest absolute Gasteiger partial charge is 0.464 e. The van der Waals surface area contributed by atoms with Gasteiger partial charge < -0.3 is 15.4 Å². The van der Waals surface area contributed by atoms with Crippen molar-refractivity contribution in [2.45, 2.75) is 32.7 Å². The Labute approximate surface area is 125 Å². The molecule has 1 aromatic carbocycles. The van der Waals surface area contributed by atoms with Crippen molar-refractivity contribution in [2.75, 3.05) is 25.0 Å². The van der Waals surface area contributed by atoms with Gasteiger partial charge in [-0.2, -0.15) is 0 Å². The minimum atomic E-state index is -0.804.